The number of hydrogen-bond donors (Lipinski definition) is 4. The summed E-state index contributed by atoms with van der Waals surface area (Å²) < 4.78 is 28.2. The summed E-state index contributed by atoms with van der Waals surface area (Å²) >= 11 is 1.01. The van der Waals surface area contributed by atoms with E-state index in [1.807, 2.05) is 0 Å². The normalized spacial score (nSPS) is 12.2. The van der Waals surface area contributed by atoms with E-state index in [-0.39, 0.29) is 28.9 Å². The van der Waals surface area contributed by atoms with Crippen LogP contribution >= 0.6 is 11.3 Å². The van der Waals surface area contributed by atoms with Crippen molar-refractivity contribution in [1.29, 1.82) is 0 Å². The van der Waals surface area contributed by atoms with Gasteiger partial charge in [0.05, 0.1) is 0 Å². The van der Waals surface area contributed by atoms with Gasteiger partial charge in [0.15, 0.2) is 0 Å². The first-order valence-electron chi connectivity index (χ1n) is 7.92. The number of carbonyl (C=O) groups excluding carboxylic acids is 1. The van der Waals surface area contributed by atoms with E-state index >= 15 is 0 Å². The van der Waals surface area contributed by atoms with Crippen LogP contribution in [-0.4, -0.2) is 31.5 Å². The summed E-state index contributed by atoms with van der Waals surface area (Å²) in [5, 5.41) is 4.93. The highest BCUT2D eigenvalue weighted by atomic mass is 32.2. The lowest BCUT2D eigenvalue weighted by Gasteiger charge is -2.20. The monoisotopic (exact) mass is 428 g/mol. The first kappa shape index (κ1) is 21.2. The zero-order valence-electron chi connectivity index (χ0n) is 14.9. The summed E-state index contributed by atoms with van der Waals surface area (Å²) in [5.41, 5.74) is 15.2. The van der Waals surface area contributed by atoms with Gasteiger partial charge < -0.3 is 22.0 Å². The maximum absolute atomic E-state index is 12.8. The largest absolute Gasteiger partial charge is 0.393 e. The van der Waals surface area contributed by atoms with Crippen LogP contribution in [0.1, 0.15) is 18.2 Å². The van der Waals surface area contributed by atoms with Gasteiger partial charge in [-0.2, -0.15) is 0 Å². The number of carbonyl (C=O) groups is 1. The third-order valence-corrected chi connectivity index (χ3v) is 6.38. The third-order valence-electron chi connectivity index (χ3n) is 3.62. The second-order valence-electron chi connectivity index (χ2n) is 5.66. The van der Waals surface area contributed by atoms with Crippen molar-refractivity contribution in [2.45, 2.75) is 23.6 Å². The number of guanidine groups is 1. The molecule has 0 aromatic carbocycles. The fourth-order valence-corrected chi connectivity index (χ4v) is 4.46. The quantitative estimate of drug-likeness (QED) is 0.182. The van der Waals surface area contributed by atoms with Crippen molar-refractivity contribution in [2.24, 2.45) is 22.4 Å². The lowest BCUT2D eigenvalue weighted by atomic mass is 10.1. The highest BCUT2D eigenvalue weighted by Crippen LogP contribution is 2.20. The average Bonchev–Trinajstić information content (AvgIpc) is 3.14. The molecule has 0 saturated carbocycles. The van der Waals surface area contributed by atoms with Crippen molar-refractivity contribution in [1.82, 2.24) is 4.57 Å². The van der Waals surface area contributed by atoms with Gasteiger partial charge in [-0.1, -0.05) is 6.07 Å². The Hall–Kier alpha value is -3.06. The molecule has 1 unspecified atom stereocenters. The smallest absolute Gasteiger partial charge is 0.275 e. The van der Waals surface area contributed by atoms with E-state index < -0.39 is 27.5 Å². The summed E-state index contributed by atoms with van der Waals surface area (Å²) in [6.45, 7) is 1.49. The summed E-state index contributed by atoms with van der Waals surface area (Å²) in [4.78, 5) is 29.6. The van der Waals surface area contributed by atoms with Crippen LogP contribution in [0.2, 0.25) is 0 Å². The minimum Gasteiger partial charge on any atom is -0.393 e. The Morgan fingerprint density at radius 1 is 1.32 bits per heavy atom. The molecule has 0 saturated heterocycles. The molecule has 2 aromatic rings. The van der Waals surface area contributed by atoms with Crippen LogP contribution in [0.5, 0.6) is 0 Å². The molecular formula is C15H20N6O5S2. The van der Waals surface area contributed by atoms with Gasteiger partial charge in [-0.05, 0) is 35.7 Å². The molecule has 2 rings (SSSR count). The Kier molecular flexibility index (Phi) is 6.64. The van der Waals surface area contributed by atoms with E-state index in [4.69, 9.17) is 22.0 Å². The average molecular weight is 428 g/mol. The fourth-order valence-electron chi connectivity index (χ4n) is 2.41. The number of thiophene rings is 1. The van der Waals surface area contributed by atoms with Gasteiger partial charge in [-0.25, -0.2) is 8.42 Å². The topological polar surface area (TPSA) is 185 Å². The number of rotatable bonds is 9. The van der Waals surface area contributed by atoms with Crippen LogP contribution in [0.4, 0.5) is 5.69 Å². The van der Waals surface area contributed by atoms with Gasteiger partial charge in [0, 0.05) is 12.1 Å². The Balaban J connectivity index is 2.35. The maximum atomic E-state index is 12.8. The number of aryl methyl sites for hydroxylation is 1. The molecule has 0 fully saturated rings. The third kappa shape index (κ3) is 5.01. The Labute approximate surface area is 164 Å². The SMILES string of the molecule is Cc1ccc(NS(=O)(=O)c2cccs2)c(=O)n1C(CCON=C(N)N)C(N)=O. The minimum atomic E-state index is -3.93. The molecule has 0 spiro atoms. The first-order valence-corrected chi connectivity index (χ1v) is 10.3. The number of hydrogen-bond acceptors (Lipinski definition) is 7. The number of amides is 1. The number of aromatic nitrogens is 1. The van der Waals surface area contributed by atoms with Crippen molar-refractivity contribution in [2.75, 3.05) is 11.3 Å². The number of anilines is 1. The van der Waals surface area contributed by atoms with E-state index in [2.05, 4.69) is 9.88 Å². The molecule has 1 atom stereocenters. The van der Waals surface area contributed by atoms with Crippen molar-refractivity contribution in [3.8, 4) is 0 Å². The van der Waals surface area contributed by atoms with Crippen molar-refractivity contribution in [3.63, 3.8) is 0 Å². The molecule has 0 aliphatic heterocycles. The molecule has 28 heavy (non-hydrogen) atoms. The number of nitrogens with one attached hydrogen (secondary N) is 1. The molecule has 0 aliphatic rings. The van der Waals surface area contributed by atoms with E-state index in [1.54, 1.807) is 18.4 Å². The van der Waals surface area contributed by atoms with Crippen LogP contribution in [0, 0.1) is 6.92 Å². The highest BCUT2D eigenvalue weighted by molar-refractivity contribution is 7.94. The zero-order chi connectivity index (χ0) is 20.9. The Morgan fingerprint density at radius 2 is 2.04 bits per heavy atom. The Morgan fingerprint density at radius 3 is 2.61 bits per heavy atom. The van der Waals surface area contributed by atoms with Crippen molar-refractivity contribution in [3.05, 3.63) is 45.7 Å². The highest BCUT2D eigenvalue weighted by Gasteiger charge is 2.24. The molecule has 7 N–H and O–H groups in total. The predicted octanol–water partition coefficient (Wildman–Crippen LogP) is -0.359. The lowest BCUT2D eigenvalue weighted by Crippen LogP contribution is -2.37. The van der Waals surface area contributed by atoms with Gasteiger partial charge in [0.25, 0.3) is 15.6 Å². The van der Waals surface area contributed by atoms with E-state index in [9.17, 15) is 18.0 Å². The lowest BCUT2D eigenvalue weighted by molar-refractivity contribution is -0.121. The molecule has 2 aromatic heterocycles. The number of nitrogens with zero attached hydrogens (tertiary/aromatic N) is 2. The van der Waals surface area contributed by atoms with Crippen LogP contribution in [0.15, 0.2) is 43.8 Å². The van der Waals surface area contributed by atoms with Gasteiger partial charge in [-0.3, -0.25) is 18.9 Å². The molecule has 1 amide bonds. The summed E-state index contributed by atoms with van der Waals surface area (Å²) in [6, 6.07) is 4.72. The second-order valence-corrected chi connectivity index (χ2v) is 8.51. The van der Waals surface area contributed by atoms with E-state index in [0.717, 1.165) is 15.9 Å². The molecule has 0 aliphatic carbocycles. The summed E-state index contributed by atoms with van der Waals surface area (Å²) in [5.74, 6) is -1.09. The van der Waals surface area contributed by atoms with Crippen molar-refractivity contribution < 1.29 is 18.0 Å². The first-order chi connectivity index (χ1) is 13.1. The molecule has 0 bridgehead atoms. The predicted molar refractivity (Wildman–Crippen MR) is 105 cm³/mol. The fraction of sp³-hybridized carbons (Fsp3) is 0.267. The number of oxime groups is 1. The Bertz CT molecular complexity index is 1030. The van der Waals surface area contributed by atoms with Crippen molar-refractivity contribution >= 4 is 38.9 Å². The number of nitrogens with two attached hydrogens (primary N) is 3. The molecule has 0 radical (unpaired) electrons. The van der Waals surface area contributed by atoms with Crippen LogP contribution < -0.4 is 27.5 Å². The number of sulfonamides is 1. The van der Waals surface area contributed by atoms with Crippen LogP contribution in [0.3, 0.4) is 0 Å². The molecule has 152 valence electrons. The van der Waals surface area contributed by atoms with Gasteiger partial charge >= 0.3 is 0 Å². The van der Waals surface area contributed by atoms with E-state index in [1.165, 1.54) is 18.2 Å². The molecule has 11 nitrogen and oxygen atoms in total. The van der Waals surface area contributed by atoms with E-state index in [0.29, 0.717) is 5.69 Å². The molecule has 2 heterocycles. The van der Waals surface area contributed by atoms with Gasteiger partial charge in [0.2, 0.25) is 11.9 Å². The van der Waals surface area contributed by atoms with Gasteiger partial charge in [0.1, 0.15) is 22.5 Å². The zero-order valence-corrected chi connectivity index (χ0v) is 16.5. The molecular weight excluding hydrogens is 408 g/mol. The summed E-state index contributed by atoms with van der Waals surface area (Å²) in [6.07, 6.45) is -0.00596. The summed E-state index contributed by atoms with van der Waals surface area (Å²) in [7, 11) is -3.93. The number of primary amides is 1. The van der Waals surface area contributed by atoms with Crippen LogP contribution in [0.25, 0.3) is 0 Å². The second kappa shape index (κ2) is 8.75. The molecule has 13 heteroatoms. The maximum Gasteiger partial charge on any atom is 0.275 e. The standard InChI is InChI=1S/C15H20N6O5S2/c1-9-4-5-10(20-28(24,25)12-3-2-8-27-12)14(23)21(9)11(13(16)22)6-7-26-19-15(17)18/h2-5,8,11,20H,6-7H2,1H3,(H2,16,22)(H4,17,18,19). The van der Waals surface area contributed by atoms with Crippen LogP contribution in [-0.2, 0) is 19.7 Å². The number of pyridine rings is 1. The van der Waals surface area contributed by atoms with Gasteiger partial charge in [-0.15, -0.1) is 11.3 Å². The minimum absolute atomic E-state index is 0.00596.